The maximum absolute atomic E-state index is 13.1. The molecular formula is C10H9F6NO2S. The molecule has 0 heterocycles. The van der Waals surface area contributed by atoms with Crippen LogP contribution in [0.3, 0.4) is 0 Å². The standard InChI is InChI=1S/C10H9F6NO2S/c11-8(12)9(13,14)10(15,16)20(18,19)17-6-7-4-2-1-3-5-7/h1-5,8,17H,6H2. The molecule has 1 N–H and O–H groups in total. The van der Waals surface area contributed by atoms with E-state index in [0.29, 0.717) is 0 Å². The van der Waals surface area contributed by atoms with Crippen molar-refractivity contribution in [2.75, 3.05) is 0 Å². The third-order valence-electron chi connectivity index (χ3n) is 2.31. The third-order valence-corrected chi connectivity index (χ3v) is 3.78. The van der Waals surface area contributed by atoms with Gasteiger partial charge in [0.25, 0.3) is 10.0 Å². The van der Waals surface area contributed by atoms with E-state index in [1.807, 2.05) is 0 Å². The second-order valence-electron chi connectivity index (χ2n) is 3.75. The number of nitrogens with one attached hydrogen (secondary N) is 1. The first-order valence-corrected chi connectivity index (χ1v) is 6.57. The minimum absolute atomic E-state index is 0.201. The van der Waals surface area contributed by atoms with E-state index in [0.717, 1.165) is 0 Å². The molecule has 20 heavy (non-hydrogen) atoms. The van der Waals surface area contributed by atoms with Crippen LogP contribution in [0.2, 0.25) is 0 Å². The number of alkyl halides is 6. The zero-order chi connectivity index (χ0) is 15.6. The monoisotopic (exact) mass is 321 g/mol. The van der Waals surface area contributed by atoms with Gasteiger partial charge in [0, 0.05) is 6.54 Å². The number of benzene rings is 1. The van der Waals surface area contributed by atoms with Crippen molar-refractivity contribution in [3.63, 3.8) is 0 Å². The predicted molar refractivity (Wildman–Crippen MR) is 58.1 cm³/mol. The number of hydrogen-bond donors (Lipinski definition) is 1. The van der Waals surface area contributed by atoms with Crippen LogP contribution in [0.15, 0.2) is 30.3 Å². The number of hydrogen-bond acceptors (Lipinski definition) is 2. The molecule has 3 nitrogen and oxygen atoms in total. The fraction of sp³-hybridized carbons (Fsp3) is 0.400. The second kappa shape index (κ2) is 5.60. The Morgan fingerprint density at radius 1 is 1.05 bits per heavy atom. The van der Waals surface area contributed by atoms with E-state index in [1.165, 1.54) is 29.0 Å². The van der Waals surface area contributed by atoms with Crippen LogP contribution in [0, 0.1) is 0 Å². The first-order valence-electron chi connectivity index (χ1n) is 5.09. The summed E-state index contributed by atoms with van der Waals surface area (Å²) in [5.74, 6) is -5.99. The van der Waals surface area contributed by atoms with Crippen molar-refractivity contribution in [3.8, 4) is 0 Å². The van der Waals surface area contributed by atoms with E-state index in [1.54, 1.807) is 6.07 Å². The topological polar surface area (TPSA) is 46.2 Å². The average molecular weight is 321 g/mol. The van der Waals surface area contributed by atoms with Gasteiger partial charge in [-0.05, 0) is 5.56 Å². The van der Waals surface area contributed by atoms with E-state index in [4.69, 9.17) is 0 Å². The quantitative estimate of drug-likeness (QED) is 0.819. The van der Waals surface area contributed by atoms with Gasteiger partial charge in [-0.15, -0.1) is 0 Å². The lowest BCUT2D eigenvalue weighted by Gasteiger charge is -2.25. The first-order chi connectivity index (χ1) is 9.02. The van der Waals surface area contributed by atoms with Gasteiger partial charge >= 0.3 is 17.6 Å². The highest BCUT2D eigenvalue weighted by Gasteiger charge is 2.70. The van der Waals surface area contributed by atoms with Crippen LogP contribution in [0.25, 0.3) is 0 Å². The third kappa shape index (κ3) is 3.06. The van der Waals surface area contributed by atoms with E-state index in [9.17, 15) is 34.8 Å². The van der Waals surface area contributed by atoms with Gasteiger partial charge in [0.1, 0.15) is 0 Å². The molecule has 0 saturated carbocycles. The molecule has 1 aromatic rings. The van der Waals surface area contributed by atoms with Crippen molar-refractivity contribution < 1.29 is 34.8 Å². The molecule has 0 spiro atoms. The molecule has 1 rings (SSSR count). The highest BCUT2D eigenvalue weighted by atomic mass is 32.2. The summed E-state index contributed by atoms with van der Waals surface area (Å²) in [6.07, 6.45) is -4.81. The lowest BCUT2D eigenvalue weighted by Crippen LogP contribution is -2.55. The molecule has 0 saturated heterocycles. The summed E-state index contributed by atoms with van der Waals surface area (Å²) in [5.41, 5.74) is 0.201. The summed E-state index contributed by atoms with van der Waals surface area (Å²) >= 11 is 0. The van der Waals surface area contributed by atoms with E-state index >= 15 is 0 Å². The summed E-state index contributed by atoms with van der Waals surface area (Å²) in [6, 6.07) is 7.14. The predicted octanol–water partition coefficient (Wildman–Crippen LogP) is 2.60. The van der Waals surface area contributed by atoms with E-state index < -0.39 is 34.2 Å². The molecule has 0 atom stereocenters. The molecule has 0 aliphatic carbocycles. The molecule has 0 bridgehead atoms. The molecule has 0 amide bonds. The van der Waals surface area contributed by atoms with Crippen LogP contribution in [0.1, 0.15) is 5.56 Å². The van der Waals surface area contributed by atoms with Crippen LogP contribution in [0.5, 0.6) is 0 Å². The molecule has 0 aromatic heterocycles. The second-order valence-corrected chi connectivity index (χ2v) is 5.56. The molecule has 1 aromatic carbocycles. The summed E-state index contributed by atoms with van der Waals surface area (Å²) in [5, 5.41) is -5.93. The van der Waals surface area contributed by atoms with Crippen molar-refractivity contribution in [2.24, 2.45) is 0 Å². The van der Waals surface area contributed by atoms with Crippen LogP contribution in [-0.2, 0) is 16.6 Å². The maximum Gasteiger partial charge on any atom is 0.426 e. The minimum atomic E-state index is -5.99. The zero-order valence-electron chi connectivity index (χ0n) is 9.66. The van der Waals surface area contributed by atoms with Crippen molar-refractivity contribution >= 4 is 10.0 Å². The Bertz CT molecular complexity index is 546. The lowest BCUT2D eigenvalue weighted by molar-refractivity contribution is -0.225. The minimum Gasteiger partial charge on any atom is -0.206 e. The smallest absolute Gasteiger partial charge is 0.206 e. The number of halogens is 6. The summed E-state index contributed by atoms with van der Waals surface area (Å²) in [4.78, 5) is 0. The molecule has 114 valence electrons. The SMILES string of the molecule is O=S(=O)(NCc1ccccc1)C(F)(F)C(F)(F)C(F)F. The molecule has 0 aliphatic rings. The fourth-order valence-corrected chi connectivity index (χ4v) is 2.16. The zero-order valence-corrected chi connectivity index (χ0v) is 10.5. The molecule has 0 fully saturated rings. The highest BCUT2D eigenvalue weighted by molar-refractivity contribution is 7.90. The normalized spacial score (nSPS) is 13.8. The van der Waals surface area contributed by atoms with Gasteiger partial charge in [0.05, 0.1) is 0 Å². The number of rotatable bonds is 6. The Balaban J connectivity index is 2.93. The number of sulfonamides is 1. The van der Waals surface area contributed by atoms with Crippen molar-refractivity contribution in [1.29, 1.82) is 0 Å². The Morgan fingerprint density at radius 3 is 2.00 bits per heavy atom. The molecule has 0 radical (unpaired) electrons. The van der Waals surface area contributed by atoms with E-state index in [-0.39, 0.29) is 5.56 Å². The Morgan fingerprint density at radius 2 is 1.55 bits per heavy atom. The Kier molecular flexibility index (Phi) is 4.70. The lowest BCUT2D eigenvalue weighted by atomic mass is 10.2. The van der Waals surface area contributed by atoms with Crippen LogP contribution in [0.4, 0.5) is 26.3 Å². The Labute approximate surface area is 110 Å². The first kappa shape index (κ1) is 16.8. The maximum atomic E-state index is 13.1. The van der Waals surface area contributed by atoms with Crippen molar-refractivity contribution in [1.82, 2.24) is 4.72 Å². The summed E-state index contributed by atoms with van der Waals surface area (Å²) < 4.78 is 98.5. The van der Waals surface area contributed by atoms with Crippen LogP contribution < -0.4 is 4.72 Å². The van der Waals surface area contributed by atoms with Gasteiger partial charge in [-0.2, -0.15) is 17.6 Å². The van der Waals surface area contributed by atoms with Gasteiger partial charge in [0.15, 0.2) is 0 Å². The van der Waals surface area contributed by atoms with Crippen LogP contribution >= 0.6 is 0 Å². The average Bonchev–Trinajstić information content (AvgIpc) is 2.37. The van der Waals surface area contributed by atoms with Crippen LogP contribution in [-0.4, -0.2) is 26.0 Å². The summed E-state index contributed by atoms with van der Waals surface area (Å²) in [7, 11) is -5.97. The molecular weight excluding hydrogens is 312 g/mol. The van der Waals surface area contributed by atoms with Gasteiger partial charge in [-0.3, -0.25) is 0 Å². The summed E-state index contributed by atoms with van der Waals surface area (Å²) in [6.45, 7) is -0.724. The Hall–Kier alpha value is -1.29. The van der Waals surface area contributed by atoms with Gasteiger partial charge in [-0.1, -0.05) is 30.3 Å². The van der Waals surface area contributed by atoms with E-state index in [2.05, 4.69) is 0 Å². The largest absolute Gasteiger partial charge is 0.426 e. The van der Waals surface area contributed by atoms with Crippen molar-refractivity contribution in [2.45, 2.75) is 24.1 Å². The van der Waals surface area contributed by atoms with Crippen molar-refractivity contribution in [3.05, 3.63) is 35.9 Å². The van der Waals surface area contributed by atoms with Gasteiger partial charge in [0.2, 0.25) is 0 Å². The van der Waals surface area contributed by atoms with Gasteiger partial charge < -0.3 is 0 Å². The highest BCUT2D eigenvalue weighted by Crippen LogP contribution is 2.42. The molecule has 10 heteroatoms. The van der Waals surface area contributed by atoms with Gasteiger partial charge in [-0.25, -0.2) is 21.9 Å². The fourth-order valence-electron chi connectivity index (χ4n) is 1.17. The molecule has 0 unspecified atom stereocenters. The molecule has 0 aliphatic heterocycles.